The third-order valence-electron chi connectivity index (χ3n) is 4.34. The van der Waals surface area contributed by atoms with E-state index in [1.807, 2.05) is 0 Å². The van der Waals surface area contributed by atoms with Crippen LogP contribution in [-0.2, 0) is 15.8 Å². The Hall–Kier alpha value is -1.07. The van der Waals surface area contributed by atoms with Crippen LogP contribution >= 0.6 is 0 Å². The second-order valence-corrected chi connectivity index (χ2v) is 8.17. The summed E-state index contributed by atoms with van der Waals surface area (Å²) in [6.45, 7) is 4.36. The van der Waals surface area contributed by atoms with Gasteiger partial charge in [-0.1, -0.05) is 38.8 Å². The van der Waals surface area contributed by atoms with Crippen molar-refractivity contribution in [1.29, 1.82) is 0 Å². The number of nitrogens with one attached hydrogen (secondary N) is 1. The SMILES string of the molecule is CC(C)C1CCCCC1NS(=O)(=O)Cc1ccc(N)cc1. The molecule has 1 saturated carbocycles. The molecule has 21 heavy (non-hydrogen) atoms. The Balaban J connectivity index is 2.04. The maximum atomic E-state index is 12.4. The normalized spacial score (nSPS) is 23.4. The van der Waals surface area contributed by atoms with Gasteiger partial charge in [0, 0.05) is 11.7 Å². The monoisotopic (exact) mass is 310 g/mol. The molecular formula is C16H26N2O2S. The van der Waals surface area contributed by atoms with Gasteiger partial charge in [-0.25, -0.2) is 13.1 Å². The average Bonchev–Trinajstić information content (AvgIpc) is 2.41. The molecule has 4 nitrogen and oxygen atoms in total. The summed E-state index contributed by atoms with van der Waals surface area (Å²) in [4.78, 5) is 0. The lowest BCUT2D eigenvalue weighted by atomic mass is 9.78. The fourth-order valence-corrected chi connectivity index (χ4v) is 4.68. The molecular weight excluding hydrogens is 284 g/mol. The zero-order chi connectivity index (χ0) is 15.5. The van der Waals surface area contributed by atoms with Crippen LogP contribution in [0.3, 0.4) is 0 Å². The lowest BCUT2D eigenvalue weighted by Crippen LogP contribution is -2.44. The first kappa shape index (κ1) is 16.3. The van der Waals surface area contributed by atoms with E-state index in [0.717, 1.165) is 24.8 Å². The van der Waals surface area contributed by atoms with E-state index in [2.05, 4.69) is 18.6 Å². The Morgan fingerprint density at radius 1 is 1.19 bits per heavy atom. The van der Waals surface area contributed by atoms with Crippen LogP contribution in [0.2, 0.25) is 0 Å². The van der Waals surface area contributed by atoms with Gasteiger partial charge >= 0.3 is 0 Å². The summed E-state index contributed by atoms with van der Waals surface area (Å²) in [5, 5.41) is 0. The van der Waals surface area contributed by atoms with Gasteiger partial charge in [0.25, 0.3) is 0 Å². The van der Waals surface area contributed by atoms with Crippen molar-refractivity contribution in [3.05, 3.63) is 29.8 Å². The Bertz CT molecular complexity index is 552. The van der Waals surface area contributed by atoms with Crippen molar-refractivity contribution in [2.45, 2.75) is 51.3 Å². The molecule has 5 heteroatoms. The van der Waals surface area contributed by atoms with Crippen molar-refractivity contribution in [2.75, 3.05) is 5.73 Å². The van der Waals surface area contributed by atoms with Gasteiger partial charge in [0.1, 0.15) is 0 Å². The minimum Gasteiger partial charge on any atom is -0.399 e. The summed E-state index contributed by atoms with van der Waals surface area (Å²) < 4.78 is 27.7. The highest BCUT2D eigenvalue weighted by atomic mass is 32.2. The molecule has 2 unspecified atom stereocenters. The molecule has 3 N–H and O–H groups in total. The van der Waals surface area contributed by atoms with Crippen molar-refractivity contribution in [3.63, 3.8) is 0 Å². The molecule has 0 bridgehead atoms. The molecule has 2 rings (SSSR count). The summed E-state index contributed by atoms with van der Waals surface area (Å²) >= 11 is 0. The molecule has 0 aliphatic heterocycles. The highest BCUT2D eigenvalue weighted by Crippen LogP contribution is 2.30. The standard InChI is InChI=1S/C16H26N2O2S/c1-12(2)15-5-3-4-6-16(15)18-21(19,20)11-13-7-9-14(17)10-8-13/h7-10,12,15-16,18H,3-6,11,17H2,1-2H3. The van der Waals surface area contributed by atoms with E-state index in [9.17, 15) is 8.42 Å². The Labute approximate surface area is 128 Å². The molecule has 1 aromatic carbocycles. The van der Waals surface area contributed by atoms with Gasteiger partial charge in [-0.05, 0) is 42.4 Å². The zero-order valence-electron chi connectivity index (χ0n) is 12.9. The number of hydrogen-bond donors (Lipinski definition) is 2. The number of nitrogens with two attached hydrogens (primary N) is 1. The summed E-state index contributed by atoms with van der Waals surface area (Å²) in [5.41, 5.74) is 7.05. The Kier molecular flexibility index (Phi) is 5.27. The highest BCUT2D eigenvalue weighted by Gasteiger charge is 2.30. The van der Waals surface area contributed by atoms with Gasteiger partial charge in [0.05, 0.1) is 5.75 Å². The molecule has 0 radical (unpaired) electrons. The second kappa shape index (κ2) is 6.79. The fourth-order valence-electron chi connectivity index (χ4n) is 3.21. The number of rotatable bonds is 5. The molecule has 1 aliphatic carbocycles. The third-order valence-corrected chi connectivity index (χ3v) is 5.72. The van der Waals surface area contributed by atoms with Crippen molar-refractivity contribution < 1.29 is 8.42 Å². The van der Waals surface area contributed by atoms with Crippen LogP contribution in [0.5, 0.6) is 0 Å². The van der Waals surface area contributed by atoms with E-state index >= 15 is 0 Å². The van der Waals surface area contributed by atoms with E-state index < -0.39 is 10.0 Å². The van der Waals surface area contributed by atoms with Gasteiger partial charge < -0.3 is 5.73 Å². The van der Waals surface area contributed by atoms with E-state index in [1.54, 1.807) is 24.3 Å². The highest BCUT2D eigenvalue weighted by molar-refractivity contribution is 7.88. The smallest absolute Gasteiger partial charge is 0.216 e. The predicted octanol–water partition coefficient (Wildman–Crippen LogP) is 2.90. The number of benzene rings is 1. The van der Waals surface area contributed by atoms with E-state index in [1.165, 1.54) is 6.42 Å². The second-order valence-electron chi connectivity index (χ2n) is 6.42. The average molecular weight is 310 g/mol. The van der Waals surface area contributed by atoms with Crippen molar-refractivity contribution in [3.8, 4) is 0 Å². The van der Waals surface area contributed by atoms with Gasteiger partial charge in [-0.2, -0.15) is 0 Å². The van der Waals surface area contributed by atoms with Crippen molar-refractivity contribution >= 4 is 15.7 Å². The first-order chi connectivity index (χ1) is 9.87. The molecule has 0 heterocycles. The molecule has 0 amide bonds. The van der Waals surface area contributed by atoms with Gasteiger partial charge in [0.15, 0.2) is 0 Å². The van der Waals surface area contributed by atoms with E-state index in [-0.39, 0.29) is 11.8 Å². The van der Waals surface area contributed by atoms with Crippen LogP contribution < -0.4 is 10.5 Å². The lowest BCUT2D eigenvalue weighted by molar-refractivity contribution is 0.226. The van der Waals surface area contributed by atoms with E-state index in [0.29, 0.717) is 17.5 Å². The predicted molar refractivity (Wildman–Crippen MR) is 87.2 cm³/mol. The van der Waals surface area contributed by atoms with Crippen LogP contribution in [0.15, 0.2) is 24.3 Å². The minimum atomic E-state index is -3.30. The quantitative estimate of drug-likeness (QED) is 0.821. The zero-order valence-corrected chi connectivity index (χ0v) is 13.7. The molecule has 1 aliphatic rings. The number of nitrogen functional groups attached to an aromatic ring is 1. The molecule has 1 aromatic rings. The number of sulfonamides is 1. The van der Waals surface area contributed by atoms with E-state index in [4.69, 9.17) is 5.73 Å². The summed E-state index contributed by atoms with van der Waals surface area (Å²) in [6.07, 6.45) is 4.38. The Morgan fingerprint density at radius 3 is 2.43 bits per heavy atom. The topological polar surface area (TPSA) is 72.2 Å². The van der Waals surface area contributed by atoms with Crippen LogP contribution in [0.25, 0.3) is 0 Å². The molecule has 118 valence electrons. The van der Waals surface area contributed by atoms with Gasteiger partial charge in [0.2, 0.25) is 10.0 Å². The largest absolute Gasteiger partial charge is 0.399 e. The van der Waals surface area contributed by atoms with Crippen LogP contribution in [0, 0.1) is 11.8 Å². The summed E-state index contributed by atoms with van der Waals surface area (Å²) in [7, 11) is -3.30. The molecule has 0 saturated heterocycles. The first-order valence-electron chi connectivity index (χ1n) is 7.72. The first-order valence-corrected chi connectivity index (χ1v) is 9.37. The van der Waals surface area contributed by atoms with Crippen LogP contribution in [0.1, 0.15) is 45.1 Å². The van der Waals surface area contributed by atoms with Crippen molar-refractivity contribution in [1.82, 2.24) is 4.72 Å². The number of anilines is 1. The van der Waals surface area contributed by atoms with Crippen LogP contribution in [-0.4, -0.2) is 14.5 Å². The maximum absolute atomic E-state index is 12.4. The molecule has 0 aromatic heterocycles. The van der Waals surface area contributed by atoms with Gasteiger partial charge in [-0.3, -0.25) is 0 Å². The number of hydrogen-bond acceptors (Lipinski definition) is 3. The lowest BCUT2D eigenvalue weighted by Gasteiger charge is -2.34. The van der Waals surface area contributed by atoms with Crippen molar-refractivity contribution in [2.24, 2.45) is 11.8 Å². The Morgan fingerprint density at radius 2 is 1.81 bits per heavy atom. The molecule has 0 spiro atoms. The van der Waals surface area contributed by atoms with Gasteiger partial charge in [-0.15, -0.1) is 0 Å². The summed E-state index contributed by atoms with van der Waals surface area (Å²) in [5.74, 6) is 0.976. The molecule has 1 fully saturated rings. The summed E-state index contributed by atoms with van der Waals surface area (Å²) in [6, 6.07) is 7.10. The maximum Gasteiger partial charge on any atom is 0.216 e. The third kappa shape index (κ3) is 4.71. The molecule has 2 atom stereocenters. The van der Waals surface area contributed by atoms with Crippen LogP contribution in [0.4, 0.5) is 5.69 Å². The fraction of sp³-hybridized carbons (Fsp3) is 0.625. The minimum absolute atomic E-state index is 0.0224.